The Morgan fingerprint density at radius 2 is 2.07 bits per heavy atom. The van der Waals surface area contributed by atoms with E-state index in [1.165, 1.54) is 0 Å². The van der Waals surface area contributed by atoms with Crippen LogP contribution in [-0.4, -0.2) is 21.9 Å². The first-order valence-corrected chi connectivity index (χ1v) is 3.75. The average molecular weight is 217 g/mol. The van der Waals surface area contributed by atoms with Gasteiger partial charge in [0.1, 0.15) is 0 Å². The SMILES string of the molecule is C/C(=N\N=C(N)N)c1cn[nH]c1C.Cl. The van der Waals surface area contributed by atoms with Crippen LogP contribution in [0.25, 0.3) is 0 Å². The highest BCUT2D eigenvalue weighted by Gasteiger charge is 2.02. The molecule has 78 valence electrons. The van der Waals surface area contributed by atoms with Crippen molar-refractivity contribution < 1.29 is 0 Å². The van der Waals surface area contributed by atoms with Crippen LogP contribution in [-0.2, 0) is 0 Å². The average Bonchev–Trinajstić information content (AvgIpc) is 2.47. The number of nitrogens with two attached hydrogens (primary N) is 2. The molecule has 0 aromatic carbocycles. The highest BCUT2D eigenvalue weighted by Crippen LogP contribution is 2.04. The van der Waals surface area contributed by atoms with Gasteiger partial charge in [-0.1, -0.05) is 0 Å². The highest BCUT2D eigenvalue weighted by molar-refractivity contribution is 5.99. The minimum atomic E-state index is -0.0551. The van der Waals surface area contributed by atoms with E-state index in [1.54, 1.807) is 6.20 Å². The summed E-state index contributed by atoms with van der Waals surface area (Å²) in [6, 6.07) is 0. The smallest absolute Gasteiger partial charge is 0.211 e. The Bertz CT molecular complexity index is 349. The van der Waals surface area contributed by atoms with E-state index in [-0.39, 0.29) is 18.4 Å². The molecule has 5 N–H and O–H groups in total. The summed E-state index contributed by atoms with van der Waals surface area (Å²) in [7, 11) is 0. The number of nitrogens with zero attached hydrogens (tertiary/aromatic N) is 3. The molecule has 0 spiro atoms. The lowest BCUT2D eigenvalue weighted by Gasteiger charge is -1.94. The van der Waals surface area contributed by atoms with Gasteiger partial charge in [0.05, 0.1) is 11.9 Å². The number of rotatable bonds is 2. The lowest BCUT2D eigenvalue weighted by atomic mass is 10.2. The third-order valence-electron chi connectivity index (χ3n) is 1.54. The predicted octanol–water partition coefficient (Wildman–Crippen LogP) is 0.137. The van der Waals surface area contributed by atoms with Crippen LogP contribution in [0.5, 0.6) is 0 Å². The monoisotopic (exact) mass is 216 g/mol. The summed E-state index contributed by atoms with van der Waals surface area (Å²) < 4.78 is 0. The third-order valence-corrected chi connectivity index (χ3v) is 1.54. The van der Waals surface area contributed by atoms with Gasteiger partial charge in [-0.15, -0.1) is 17.5 Å². The second-order valence-electron chi connectivity index (χ2n) is 2.62. The van der Waals surface area contributed by atoms with E-state index >= 15 is 0 Å². The summed E-state index contributed by atoms with van der Waals surface area (Å²) in [5.74, 6) is -0.0551. The maximum atomic E-state index is 5.13. The van der Waals surface area contributed by atoms with Crippen LogP contribution in [0.4, 0.5) is 0 Å². The second-order valence-corrected chi connectivity index (χ2v) is 2.62. The molecule has 0 aliphatic heterocycles. The minimum Gasteiger partial charge on any atom is -0.369 e. The molecule has 7 heteroatoms. The number of aryl methyl sites for hydroxylation is 1. The summed E-state index contributed by atoms with van der Waals surface area (Å²) >= 11 is 0. The van der Waals surface area contributed by atoms with Crippen LogP contribution in [0.3, 0.4) is 0 Å². The Morgan fingerprint density at radius 3 is 2.50 bits per heavy atom. The third kappa shape index (κ3) is 3.06. The van der Waals surface area contributed by atoms with Gasteiger partial charge in [0, 0.05) is 11.3 Å². The first-order chi connectivity index (χ1) is 6.11. The molecule has 0 aliphatic rings. The lowest BCUT2D eigenvalue weighted by Crippen LogP contribution is -2.22. The van der Waals surface area contributed by atoms with E-state index in [0.29, 0.717) is 0 Å². The quantitative estimate of drug-likeness (QED) is 0.372. The molecule has 0 unspecified atom stereocenters. The van der Waals surface area contributed by atoms with Gasteiger partial charge in [-0.25, -0.2) is 0 Å². The van der Waals surface area contributed by atoms with Gasteiger partial charge in [-0.05, 0) is 13.8 Å². The Balaban J connectivity index is 0.00000169. The van der Waals surface area contributed by atoms with Crippen LogP contribution in [0.2, 0.25) is 0 Å². The summed E-state index contributed by atoms with van der Waals surface area (Å²) in [6.45, 7) is 3.71. The van der Waals surface area contributed by atoms with Crippen molar-refractivity contribution in [2.24, 2.45) is 21.7 Å². The highest BCUT2D eigenvalue weighted by atomic mass is 35.5. The van der Waals surface area contributed by atoms with Gasteiger partial charge in [0.2, 0.25) is 5.96 Å². The van der Waals surface area contributed by atoms with Crippen LogP contribution >= 0.6 is 12.4 Å². The molecular weight excluding hydrogens is 204 g/mol. The number of guanidine groups is 1. The van der Waals surface area contributed by atoms with Gasteiger partial charge in [0.25, 0.3) is 0 Å². The zero-order chi connectivity index (χ0) is 9.84. The molecule has 1 aromatic heterocycles. The fourth-order valence-electron chi connectivity index (χ4n) is 0.902. The Hall–Kier alpha value is -1.56. The largest absolute Gasteiger partial charge is 0.369 e. The van der Waals surface area contributed by atoms with Crippen LogP contribution in [0.1, 0.15) is 18.2 Å². The number of aromatic nitrogens is 2. The van der Waals surface area contributed by atoms with Gasteiger partial charge in [-0.2, -0.15) is 10.2 Å². The Kier molecular flexibility index (Phi) is 4.65. The number of hydrogen-bond donors (Lipinski definition) is 3. The zero-order valence-electron chi connectivity index (χ0n) is 7.98. The number of hydrogen-bond acceptors (Lipinski definition) is 3. The molecule has 0 radical (unpaired) electrons. The molecule has 0 atom stereocenters. The van der Waals surface area contributed by atoms with Crippen molar-refractivity contribution in [3.63, 3.8) is 0 Å². The van der Waals surface area contributed by atoms with Crippen LogP contribution in [0.15, 0.2) is 16.4 Å². The van der Waals surface area contributed by atoms with Crippen molar-refractivity contribution in [3.8, 4) is 0 Å². The van der Waals surface area contributed by atoms with Crippen molar-refractivity contribution in [1.82, 2.24) is 10.2 Å². The summed E-state index contributed by atoms with van der Waals surface area (Å²) in [5, 5.41) is 14.0. The first-order valence-electron chi connectivity index (χ1n) is 3.75. The molecule has 0 bridgehead atoms. The van der Waals surface area contributed by atoms with E-state index in [9.17, 15) is 0 Å². The molecule has 6 nitrogen and oxygen atoms in total. The number of halogens is 1. The van der Waals surface area contributed by atoms with Crippen LogP contribution in [0, 0.1) is 6.92 Å². The molecule has 14 heavy (non-hydrogen) atoms. The Labute approximate surface area is 87.9 Å². The van der Waals surface area contributed by atoms with Gasteiger partial charge in [-0.3, -0.25) is 5.10 Å². The van der Waals surface area contributed by atoms with Crippen molar-refractivity contribution in [2.45, 2.75) is 13.8 Å². The van der Waals surface area contributed by atoms with E-state index in [1.807, 2.05) is 13.8 Å². The standard InChI is InChI=1S/C7H12N6.ClH/c1-4-6(3-10-11-4)5(2)12-13-7(8)9;/h3H,1-2H3,(H,10,11)(H4,8,9,13);1H/b12-5+;. The topological polar surface area (TPSA) is 105 Å². The number of nitrogens with one attached hydrogen (secondary N) is 1. The molecule has 1 heterocycles. The molecule has 1 rings (SSSR count). The molecule has 0 amide bonds. The summed E-state index contributed by atoms with van der Waals surface area (Å²) in [4.78, 5) is 0. The maximum Gasteiger partial charge on any atom is 0.211 e. The number of H-pyrrole nitrogens is 1. The van der Waals surface area contributed by atoms with Gasteiger partial charge in [0.15, 0.2) is 0 Å². The van der Waals surface area contributed by atoms with E-state index in [4.69, 9.17) is 11.5 Å². The van der Waals surface area contributed by atoms with Crippen molar-refractivity contribution in [2.75, 3.05) is 0 Å². The number of aromatic amines is 1. The van der Waals surface area contributed by atoms with Crippen LogP contribution < -0.4 is 11.5 Å². The molecule has 0 saturated heterocycles. The van der Waals surface area contributed by atoms with E-state index in [2.05, 4.69) is 20.4 Å². The normalized spacial score (nSPS) is 10.6. The molecule has 0 saturated carbocycles. The van der Waals surface area contributed by atoms with E-state index in [0.717, 1.165) is 17.0 Å². The van der Waals surface area contributed by atoms with Gasteiger partial charge < -0.3 is 11.5 Å². The fourth-order valence-corrected chi connectivity index (χ4v) is 0.902. The minimum absolute atomic E-state index is 0. The predicted molar refractivity (Wildman–Crippen MR) is 58.6 cm³/mol. The molecule has 1 aromatic rings. The van der Waals surface area contributed by atoms with E-state index < -0.39 is 0 Å². The molecular formula is C7H13ClN6. The zero-order valence-corrected chi connectivity index (χ0v) is 8.80. The van der Waals surface area contributed by atoms with Crippen molar-refractivity contribution in [1.29, 1.82) is 0 Å². The molecule has 0 aliphatic carbocycles. The maximum absolute atomic E-state index is 5.13. The summed E-state index contributed by atoms with van der Waals surface area (Å²) in [6.07, 6.45) is 1.68. The Morgan fingerprint density at radius 1 is 1.43 bits per heavy atom. The fraction of sp³-hybridized carbons (Fsp3) is 0.286. The summed E-state index contributed by atoms with van der Waals surface area (Å²) in [5.41, 5.74) is 12.8. The van der Waals surface area contributed by atoms with Crippen molar-refractivity contribution in [3.05, 3.63) is 17.5 Å². The lowest BCUT2D eigenvalue weighted by molar-refractivity contribution is 1.05. The van der Waals surface area contributed by atoms with Gasteiger partial charge >= 0.3 is 0 Å². The first kappa shape index (κ1) is 12.4. The van der Waals surface area contributed by atoms with Crippen molar-refractivity contribution >= 4 is 24.1 Å². The second kappa shape index (κ2) is 5.23. The molecule has 0 fully saturated rings.